The molecule has 1 atom stereocenters. The van der Waals surface area contributed by atoms with Crippen molar-refractivity contribution in [2.75, 3.05) is 5.73 Å². The minimum absolute atomic E-state index is 0.0336. The molecule has 2 aromatic rings. The largest absolute Gasteiger partial charge is 0.398 e. The van der Waals surface area contributed by atoms with Crippen molar-refractivity contribution in [2.24, 2.45) is 0 Å². The van der Waals surface area contributed by atoms with Crippen molar-refractivity contribution >= 4 is 27.8 Å². The van der Waals surface area contributed by atoms with Gasteiger partial charge in [-0.05, 0) is 18.2 Å². The molecule has 20 heavy (non-hydrogen) atoms. The number of hydrogen-bond donors (Lipinski definition) is 1. The fourth-order valence-electron chi connectivity index (χ4n) is 1.62. The van der Waals surface area contributed by atoms with E-state index in [1.807, 2.05) is 5.38 Å². The van der Waals surface area contributed by atoms with Crippen molar-refractivity contribution in [3.63, 3.8) is 0 Å². The predicted molar refractivity (Wildman–Crippen MR) is 81.7 cm³/mol. The Morgan fingerprint density at radius 3 is 2.70 bits per heavy atom. The summed E-state index contributed by atoms with van der Waals surface area (Å²) < 4.78 is 25.5. The maximum atomic E-state index is 13.2. The lowest BCUT2D eigenvalue weighted by Crippen LogP contribution is -2.11. The van der Waals surface area contributed by atoms with Crippen LogP contribution >= 0.6 is 11.3 Å². The molecule has 0 amide bonds. The molecule has 0 bridgehead atoms. The van der Waals surface area contributed by atoms with E-state index in [1.165, 1.54) is 29.5 Å². The number of nitrogens with two attached hydrogens (primary N) is 1. The van der Waals surface area contributed by atoms with Gasteiger partial charge >= 0.3 is 0 Å². The first-order chi connectivity index (χ1) is 9.27. The Morgan fingerprint density at radius 1 is 1.40 bits per heavy atom. The zero-order valence-electron chi connectivity index (χ0n) is 11.6. The minimum Gasteiger partial charge on any atom is -0.398 e. The van der Waals surface area contributed by atoms with Crippen molar-refractivity contribution in [1.29, 1.82) is 0 Å². The van der Waals surface area contributed by atoms with Crippen molar-refractivity contribution in [3.8, 4) is 0 Å². The van der Waals surface area contributed by atoms with Crippen LogP contribution in [0, 0.1) is 5.82 Å². The van der Waals surface area contributed by atoms with Gasteiger partial charge in [-0.1, -0.05) is 20.8 Å². The second-order valence-corrected chi connectivity index (χ2v) is 7.91. The third-order valence-electron chi connectivity index (χ3n) is 2.80. The SMILES string of the molecule is CC(C)(C)c1csc(CS(=O)c2cc(F)ccc2N)n1. The van der Waals surface area contributed by atoms with Gasteiger partial charge in [0.2, 0.25) is 0 Å². The normalized spacial score (nSPS) is 13.4. The molecule has 3 nitrogen and oxygen atoms in total. The maximum absolute atomic E-state index is 13.2. The Hall–Kier alpha value is -1.27. The molecule has 0 aliphatic carbocycles. The Morgan fingerprint density at radius 2 is 2.10 bits per heavy atom. The molecule has 0 aliphatic heterocycles. The molecule has 2 rings (SSSR count). The minimum atomic E-state index is -1.39. The molecule has 0 aliphatic rings. The van der Waals surface area contributed by atoms with E-state index in [0.29, 0.717) is 10.6 Å². The standard InChI is InChI=1S/C14H17FN2OS2/c1-14(2,3)12-7-19-13(17-12)8-20(18)11-6-9(15)4-5-10(11)16/h4-7H,8,16H2,1-3H3. The highest BCUT2D eigenvalue weighted by Crippen LogP contribution is 2.26. The summed E-state index contributed by atoms with van der Waals surface area (Å²) in [5, 5.41) is 2.75. The summed E-state index contributed by atoms with van der Waals surface area (Å²) in [4.78, 5) is 4.82. The van der Waals surface area contributed by atoms with Crippen LogP contribution in [0.5, 0.6) is 0 Å². The van der Waals surface area contributed by atoms with Gasteiger partial charge < -0.3 is 5.73 Å². The quantitative estimate of drug-likeness (QED) is 0.883. The Kier molecular flexibility index (Phi) is 4.25. The monoisotopic (exact) mass is 312 g/mol. The lowest BCUT2D eigenvalue weighted by Gasteiger charge is -2.14. The highest BCUT2D eigenvalue weighted by atomic mass is 32.2. The van der Waals surface area contributed by atoms with Gasteiger partial charge in [0.05, 0.1) is 27.1 Å². The van der Waals surface area contributed by atoms with E-state index in [1.54, 1.807) is 0 Å². The Balaban J connectivity index is 2.20. The van der Waals surface area contributed by atoms with E-state index in [0.717, 1.165) is 10.7 Å². The molecular weight excluding hydrogens is 295 g/mol. The van der Waals surface area contributed by atoms with E-state index in [-0.39, 0.29) is 11.2 Å². The number of hydrogen-bond acceptors (Lipinski definition) is 4. The molecular formula is C14H17FN2OS2. The van der Waals surface area contributed by atoms with Gasteiger partial charge in [0.1, 0.15) is 10.8 Å². The van der Waals surface area contributed by atoms with Crippen molar-refractivity contribution < 1.29 is 8.60 Å². The number of halogens is 1. The fourth-order valence-corrected chi connectivity index (χ4v) is 4.03. The first-order valence-electron chi connectivity index (χ1n) is 6.15. The number of thiazole rings is 1. The lowest BCUT2D eigenvalue weighted by atomic mass is 9.93. The zero-order valence-corrected chi connectivity index (χ0v) is 13.3. The number of nitrogen functional groups attached to an aromatic ring is 1. The van der Waals surface area contributed by atoms with Gasteiger partial charge in [0.15, 0.2) is 0 Å². The third kappa shape index (κ3) is 3.43. The lowest BCUT2D eigenvalue weighted by molar-refractivity contribution is 0.571. The zero-order chi connectivity index (χ0) is 14.9. The van der Waals surface area contributed by atoms with Crippen molar-refractivity contribution in [3.05, 3.63) is 40.1 Å². The topological polar surface area (TPSA) is 56.0 Å². The Labute approximate surface area is 124 Å². The number of anilines is 1. The Bertz CT molecular complexity index is 647. The van der Waals surface area contributed by atoms with E-state index >= 15 is 0 Å². The molecule has 1 heterocycles. The first kappa shape index (κ1) is 15.1. The second kappa shape index (κ2) is 5.61. The molecule has 1 unspecified atom stereocenters. The van der Waals surface area contributed by atoms with Crippen molar-refractivity contribution in [2.45, 2.75) is 36.8 Å². The number of benzene rings is 1. The van der Waals surface area contributed by atoms with E-state index in [9.17, 15) is 8.60 Å². The molecule has 1 aromatic carbocycles. The van der Waals surface area contributed by atoms with Crippen LogP contribution in [0.3, 0.4) is 0 Å². The second-order valence-electron chi connectivity index (χ2n) is 5.55. The molecule has 2 N–H and O–H groups in total. The predicted octanol–water partition coefficient (Wildman–Crippen LogP) is 3.47. The summed E-state index contributed by atoms with van der Waals surface area (Å²) in [6, 6.07) is 3.92. The van der Waals surface area contributed by atoms with Gasteiger partial charge in [-0.3, -0.25) is 4.21 Å². The van der Waals surface area contributed by atoms with Crippen LogP contribution in [0.4, 0.5) is 10.1 Å². The smallest absolute Gasteiger partial charge is 0.124 e. The maximum Gasteiger partial charge on any atom is 0.124 e. The summed E-state index contributed by atoms with van der Waals surface area (Å²) in [7, 11) is -1.39. The first-order valence-corrected chi connectivity index (χ1v) is 8.35. The molecule has 0 fully saturated rings. The number of aromatic nitrogens is 1. The van der Waals surface area contributed by atoms with Crippen LogP contribution in [-0.2, 0) is 22.0 Å². The molecule has 0 spiro atoms. The summed E-state index contributed by atoms with van der Waals surface area (Å²) in [5.74, 6) is -0.175. The van der Waals surface area contributed by atoms with Crippen LogP contribution in [0.2, 0.25) is 0 Å². The summed E-state index contributed by atoms with van der Waals surface area (Å²) in [6.07, 6.45) is 0. The average molecular weight is 312 g/mol. The van der Waals surface area contributed by atoms with E-state index in [2.05, 4.69) is 25.8 Å². The molecule has 0 radical (unpaired) electrons. The van der Waals surface area contributed by atoms with Gasteiger partial charge in [0, 0.05) is 16.5 Å². The third-order valence-corrected chi connectivity index (χ3v) is 5.21. The summed E-state index contributed by atoms with van der Waals surface area (Å²) in [6.45, 7) is 6.23. The highest BCUT2D eigenvalue weighted by Gasteiger charge is 2.19. The molecule has 0 saturated heterocycles. The van der Waals surface area contributed by atoms with Crippen LogP contribution in [-0.4, -0.2) is 9.19 Å². The van der Waals surface area contributed by atoms with Crippen LogP contribution < -0.4 is 5.73 Å². The fraction of sp³-hybridized carbons (Fsp3) is 0.357. The average Bonchev–Trinajstić information content (AvgIpc) is 2.80. The van der Waals surface area contributed by atoms with Crippen LogP contribution in [0.15, 0.2) is 28.5 Å². The van der Waals surface area contributed by atoms with E-state index in [4.69, 9.17) is 5.73 Å². The van der Waals surface area contributed by atoms with Crippen molar-refractivity contribution in [1.82, 2.24) is 4.98 Å². The molecule has 108 valence electrons. The molecule has 0 saturated carbocycles. The number of rotatable bonds is 3. The molecule has 1 aromatic heterocycles. The van der Waals surface area contributed by atoms with Gasteiger partial charge in [-0.25, -0.2) is 9.37 Å². The molecule has 6 heteroatoms. The van der Waals surface area contributed by atoms with Crippen LogP contribution in [0.25, 0.3) is 0 Å². The van der Waals surface area contributed by atoms with Gasteiger partial charge in [-0.15, -0.1) is 11.3 Å². The van der Waals surface area contributed by atoms with Gasteiger partial charge in [0.25, 0.3) is 0 Å². The summed E-state index contributed by atoms with van der Waals surface area (Å²) >= 11 is 1.47. The highest BCUT2D eigenvalue weighted by molar-refractivity contribution is 7.84. The summed E-state index contributed by atoms with van der Waals surface area (Å²) in [5.41, 5.74) is 7.03. The van der Waals surface area contributed by atoms with Gasteiger partial charge in [-0.2, -0.15) is 0 Å². The van der Waals surface area contributed by atoms with E-state index < -0.39 is 16.6 Å². The van der Waals surface area contributed by atoms with Crippen LogP contribution in [0.1, 0.15) is 31.5 Å². The number of nitrogens with zero attached hydrogens (tertiary/aromatic N) is 1.